The Balaban J connectivity index is 0.000000810. The molecule has 1 aromatic heterocycles. The van der Waals surface area contributed by atoms with Crippen LogP contribution in [0.2, 0.25) is 0 Å². The van der Waals surface area contributed by atoms with Crippen molar-refractivity contribution in [1.29, 1.82) is 0 Å². The molecule has 1 aromatic rings. The van der Waals surface area contributed by atoms with Gasteiger partial charge in [0, 0.05) is 6.20 Å². The van der Waals surface area contributed by atoms with Gasteiger partial charge in [-0.2, -0.15) is 0 Å². The summed E-state index contributed by atoms with van der Waals surface area (Å²) in [5.41, 5.74) is 2.15. The Labute approximate surface area is 76.2 Å². The van der Waals surface area contributed by atoms with Gasteiger partial charge in [-0.1, -0.05) is 0 Å². The number of pyridine rings is 1. The van der Waals surface area contributed by atoms with Gasteiger partial charge >= 0.3 is 0 Å². The number of rotatable bonds is 1. The molecule has 0 spiro atoms. The van der Waals surface area contributed by atoms with Crippen LogP contribution in [0.5, 0.6) is 0 Å². The molecule has 3 heteroatoms. The maximum absolute atomic E-state index is 5.54. The predicted octanol–water partition coefficient (Wildman–Crippen LogP) is 2.71. The van der Waals surface area contributed by atoms with Crippen LogP contribution < -0.4 is 0 Å². The number of nitrogens with zero attached hydrogens (tertiary/aromatic N) is 1. The Hall–Kier alpha value is -0.0800. The molecule has 0 fully saturated rings. The highest BCUT2D eigenvalue weighted by Crippen LogP contribution is 2.01. The van der Waals surface area contributed by atoms with Crippen molar-refractivity contribution in [1.82, 2.24) is 4.98 Å². The van der Waals surface area contributed by atoms with Crippen molar-refractivity contribution in [2.45, 2.75) is 12.8 Å². The van der Waals surface area contributed by atoms with Crippen molar-refractivity contribution >= 4 is 28.6 Å². The highest BCUT2D eigenvalue weighted by molar-refractivity contribution is 8.93. The van der Waals surface area contributed by atoms with E-state index in [1.165, 1.54) is 5.56 Å². The number of alkyl halides is 1. The Morgan fingerprint density at radius 2 is 2.30 bits per heavy atom. The summed E-state index contributed by atoms with van der Waals surface area (Å²) in [5.74, 6) is 0.502. The fourth-order valence-corrected chi connectivity index (χ4v) is 0.818. The first kappa shape index (κ1) is 9.92. The van der Waals surface area contributed by atoms with Gasteiger partial charge in [0.2, 0.25) is 0 Å². The molecular formula is C7H9BrClN. The molecule has 0 atom stereocenters. The molecule has 0 bridgehead atoms. The molecule has 0 N–H and O–H groups in total. The molecule has 0 aliphatic carbocycles. The van der Waals surface area contributed by atoms with Crippen molar-refractivity contribution in [3.63, 3.8) is 0 Å². The zero-order valence-electron chi connectivity index (χ0n) is 5.67. The second-order valence-corrected chi connectivity index (χ2v) is 2.23. The van der Waals surface area contributed by atoms with E-state index in [0.29, 0.717) is 5.88 Å². The lowest BCUT2D eigenvalue weighted by Crippen LogP contribution is -1.83. The highest BCUT2D eigenvalue weighted by Gasteiger charge is 1.88. The summed E-state index contributed by atoms with van der Waals surface area (Å²) in [7, 11) is 0. The van der Waals surface area contributed by atoms with Crippen LogP contribution in [0.25, 0.3) is 0 Å². The van der Waals surface area contributed by atoms with Gasteiger partial charge in [-0.05, 0) is 24.6 Å². The summed E-state index contributed by atoms with van der Waals surface area (Å²) in [4.78, 5) is 4.03. The van der Waals surface area contributed by atoms with E-state index in [-0.39, 0.29) is 17.0 Å². The molecule has 56 valence electrons. The van der Waals surface area contributed by atoms with Gasteiger partial charge in [-0.25, -0.2) is 0 Å². The number of aromatic nitrogens is 1. The topological polar surface area (TPSA) is 12.9 Å². The summed E-state index contributed by atoms with van der Waals surface area (Å²) in [6.45, 7) is 2.03. The van der Waals surface area contributed by atoms with Crippen LogP contribution in [0.4, 0.5) is 0 Å². The standard InChI is InChI=1S/C7H8ClN.BrH/c1-6-2-3-9-7(4-6)5-8;/h2-4H,5H2,1H3;1H. The maximum Gasteiger partial charge on any atom is 0.0647 e. The monoisotopic (exact) mass is 221 g/mol. The van der Waals surface area contributed by atoms with Crippen LogP contribution in [0.15, 0.2) is 18.3 Å². The molecule has 0 radical (unpaired) electrons. The summed E-state index contributed by atoms with van der Waals surface area (Å²) in [5, 5.41) is 0. The molecular weight excluding hydrogens is 213 g/mol. The third kappa shape index (κ3) is 2.67. The SMILES string of the molecule is Br.Cc1ccnc(CCl)c1. The normalized spacial score (nSPS) is 8.60. The molecule has 0 unspecified atom stereocenters. The van der Waals surface area contributed by atoms with Crippen LogP contribution in [-0.2, 0) is 5.88 Å². The maximum atomic E-state index is 5.54. The lowest BCUT2D eigenvalue weighted by atomic mass is 10.3. The summed E-state index contributed by atoms with van der Waals surface area (Å²) < 4.78 is 0. The van der Waals surface area contributed by atoms with Crippen LogP contribution >= 0.6 is 28.6 Å². The first-order valence-electron chi connectivity index (χ1n) is 2.80. The Morgan fingerprint density at radius 3 is 2.70 bits per heavy atom. The van der Waals surface area contributed by atoms with Crippen molar-refractivity contribution in [2.24, 2.45) is 0 Å². The van der Waals surface area contributed by atoms with E-state index in [0.717, 1.165) is 5.69 Å². The fraction of sp³-hybridized carbons (Fsp3) is 0.286. The van der Waals surface area contributed by atoms with Gasteiger partial charge in [0.15, 0.2) is 0 Å². The van der Waals surface area contributed by atoms with Crippen molar-refractivity contribution in [3.8, 4) is 0 Å². The van der Waals surface area contributed by atoms with E-state index in [2.05, 4.69) is 4.98 Å². The molecule has 0 saturated heterocycles. The average Bonchev–Trinajstić information content (AvgIpc) is 1.88. The van der Waals surface area contributed by atoms with Gasteiger partial charge in [-0.3, -0.25) is 4.98 Å². The molecule has 1 rings (SSSR count). The smallest absolute Gasteiger partial charge is 0.0647 e. The van der Waals surface area contributed by atoms with Crippen LogP contribution in [0, 0.1) is 6.92 Å². The molecule has 0 aliphatic heterocycles. The van der Waals surface area contributed by atoms with Crippen molar-refractivity contribution < 1.29 is 0 Å². The average molecular weight is 223 g/mol. The van der Waals surface area contributed by atoms with Crippen LogP contribution in [-0.4, -0.2) is 4.98 Å². The van der Waals surface area contributed by atoms with E-state index >= 15 is 0 Å². The fourth-order valence-electron chi connectivity index (χ4n) is 0.672. The van der Waals surface area contributed by atoms with Gasteiger partial charge in [-0.15, -0.1) is 28.6 Å². The summed E-state index contributed by atoms with van der Waals surface area (Å²) >= 11 is 5.54. The number of halogens is 2. The van der Waals surface area contributed by atoms with Crippen molar-refractivity contribution in [3.05, 3.63) is 29.6 Å². The van der Waals surface area contributed by atoms with E-state index < -0.39 is 0 Å². The van der Waals surface area contributed by atoms with Crippen LogP contribution in [0.3, 0.4) is 0 Å². The first-order valence-corrected chi connectivity index (χ1v) is 3.34. The van der Waals surface area contributed by atoms with Gasteiger partial charge < -0.3 is 0 Å². The number of aryl methyl sites for hydroxylation is 1. The molecule has 0 aromatic carbocycles. The predicted molar refractivity (Wildman–Crippen MR) is 48.9 cm³/mol. The van der Waals surface area contributed by atoms with Gasteiger partial charge in [0.25, 0.3) is 0 Å². The Morgan fingerprint density at radius 1 is 1.60 bits per heavy atom. The first-order chi connectivity index (χ1) is 4.33. The third-order valence-electron chi connectivity index (χ3n) is 1.11. The molecule has 1 heterocycles. The van der Waals surface area contributed by atoms with E-state index in [1.54, 1.807) is 6.20 Å². The molecule has 10 heavy (non-hydrogen) atoms. The third-order valence-corrected chi connectivity index (χ3v) is 1.38. The Bertz CT molecular complexity index is 203. The zero-order chi connectivity index (χ0) is 6.69. The second-order valence-electron chi connectivity index (χ2n) is 1.96. The van der Waals surface area contributed by atoms with E-state index in [1.807, 2.05) is 19.1 Å². The summed E-state index contributed by atoms with van der Waals surface area (Å²) in [6.07, 6.45) is 1.77. The van der Waals surface area contributed by atoms with Crippen molar-refractivity contribution in [2.75, 3.05) is 0 Å². The highest BCUT2D eigenvalue weighted by atomic mass is 79.9. The minimum Gasteiger partial charge on any atom is -0.260 e. The van der Waals surface area contributed by atoms with Gasteiger partial charge in [0.1, 0.15) is 0 Å². The lowest BCUT2D eigenvalue weighted by Gasteiger charge is -1.93. The van der Waals surface area contributed by atoms with E-state index in [4.69, 9.17) is 11.6 Å². The van der Waals surface area contributed by atoms with Gasteiger partial charge in [0.05, 0.1) is 11.6 Å². The summed E-state index contributed by atoms with van der Waals surface area (Å²) in [6, 6.07) is 3.93. The number of hydrogen-bond donors (Lipinski definition) is 0. The molecule has 1 nitrogen and oxygen atoms in total. The Kier molecular flexibility index (Phi) is 4.65. The molecule has 0 amide bonds. The minimum atomic E-state index is 0. The number of hydrogen-bond acceptors (Lipinski definition) is 1. The zero-order valence-corrected chi connectivity index (χ0v) is 8.14. The molecule has 0 saturated carbocycles. The quantitative estimate of drug-likeness (QED) is 0.666. The largest absolute Gasteiger partial charge is 0.260 e. The second kappa shape index (κ2) is 4.69. The molecule has 0 aliphatic rings. The minimum absolute atomic E-state index is 0. The van der Waals surface area contributed by atoms with E-state index in [9.17, 15) is 0 Å². The lowest BCUT2D eigenvalue weighted by molar-refractivity contribution is 1.15. The van der Waals surface area contributed by atoms with Crippen LogP contribution in [0.1, 0.15) is 11.3 Å².